The second-order valence-electron chi connectivity index (χ2n) is 6.06. The summed E-state index contributed by atoms with van der Waals surface area (Å²) in [6, 6.07) is 13.9. The van der Waals surface area contributed by atoms with Gasteiger partial charge >= 0.3 is 0 Å². The summed E-state index contributed by atoms with van der Waals surface area (Å²) in [5.41, 5.74) is 2.67. The number of anilines is 1. The largest absolute Gasteiger partial charge is 0.343 e. The molecule has 26 heavy (non-hydrogen) atoms. The lowest BCUT2D eigenvalue weighted by Gasteiger charge is -2.20. The zero-order chi connectivity index (χ0) is 18.7. The van der Waals surface area contributed by atoms with Gasteiger partial charge in [-0.1, -0.05) is 35.9 Å². The third-order valence-corrected chi connectivity index (χ3v) is 5.24. The minimum absolute atomic E-state index is 0.264. The fraction of sp³-hybridized carbons (Fsp3) is 0.158. The van der Waals surface area contributed by atoms with E-state index in [1.165, 1.54) is 6.26 Å². The lowest BCUT2D eigenvalue weighted by Crippen LogP contribution is -2.15. The normalized spacial score (nSPS) is 12.6. The molecular weight excluding hydrogens is 370 g/mol. The quantitative estimate of drug-likeness (QED) is 0.715. The highest BCUT2D eigenvalue weighted by Gasteiger charge is 2.18. The molecule has 1 N–H and O–H groups in total. The van der Waals surface area contributed by atoms with Crippen molar-refractivity contribution in [1.82, 2.24) is 9.97 Å². The Morgan fingerprint density at radius 3 is 2.27 bits per heavy atom. The Labute approximate surface area is 158 Å². The Kier molecular flexibility index (Phi) is 5.25. The molecular formula is C19H18ClN3O2S. The molecule has 0 aliphatic carbocycles. The minimum atomic E-state index is -3.31. The lowest BCUT2D eigenvalue weighted by molar-refractivity contribution is 0.601. The molecule has 0 bridgehead atoms. The summed E-state index contributed by atoms with van der Waals surface area (Å²) in [5.74, 6) is 0.459. The van der Waals surface area contributed by atoms with Crippen molar-refractivity contribution in [3.8, 4) is 0 Å². The predicted molar refractivity (Wildman–Crippen MR) is 103 cm³/mol. The first-order valence-corrected chi connectivity index (χ1v) is 10.2. The van der Waals surface area contributed by atoms with E-state index in [2.05, 4.69) is 15.3 Å². The molecule has 0 saturated heterocycles. The Bertz CT molecular complexity index is 1000. The number of sulfone groups is 1. The summed E-state index contributed by atoms with van der Waals surface area (Å²) in [7, 11) is -3.31. The second-order valence-corrected chi connectivity index (χ2v) is 8.51. The van der Waals surface area contributed by atoms with Crippen LogP contribution in [0.4, 0.5) is 5.95 Å². The van der Waals surface area contributed by atoms with Crippen molar-refractivity contribution >= 4 is 27.4 Å². The summed E-state index contributed by atoms with van der Waals surface area (Å²) in [4.78, 5) is 8.85. The van der Waals surface area contributed by atoms with Crippen LogP contribution in [0.1, 0.15) is 22.7 Å². The first-order valence-electron chi connectivity index (χ1n) is 7.93. The average Bonchev–Trinajstić information content (AvgIpc) is 2.62. The number of aryl methyl sites for hydroxylation is 1. The van der Waals surface area contributed by atoms with E-state index in [9.17, 15) is 8.42 Å². The first-order chi connectivity index (χ1) is 12.3. The summed E-state index contributed by atoms with van der Waals surface area (Å²) in [6.45, 7) is 1.91. The van der Waals surface area contributed by atoms with Gasteiger partial charge in [-0.3, -0.25) is 0 Å². The highest BCUT2D eigenvalue weighted by Crippen LogP contribution is 2.28. The highest BCUT2D eigenvalue weighted by molar-refractivity contribution is 7.90. The molecule has 0 saturated carbocycles. The van der Waals surface area contributed by atoms with Crippen LogP contribution in [0.5, 0.6) is 0 Å². The molecule has 0 radical (unpaired) electrons. The number of nitrogens with one attached hydrogen (secondary N) is 1. The molecule has 1 aromatic heterocycles. The first kappa shape index (κ1) is 18.4. The van der Waals surface area contributed by atoms with Crippen molar-refractivity contribution in [2.24, 2.45) is 0 Å². The van der Waals surface area contributed by atoms with E-state index in [0.717, 1.165) is 16.7 Å². The van der Waals surface area contributed by atoms with Crippen molar-refractivity contribution in [3.05, 3.63) is 82.6 Å². The van der Waals surface area contributed by atoms with Crippen LogP contribution in [0.15, 0.2) is 65.8 Å². The molecule has 0 amide bonds. The Morgan fingerprint density at radius 2 is 1.65 bits per heavy atom. The van der Waals surface area contributed by atoms with Crippen LogP contribution in [0.25, 0.3) is 0 Å². The second kappa shape index (κ2) is 7.43. The number of hydrogen-bond acceptors (Lipinski definition) is 5. The molecule has 3 rings (SSSR count). The molecule has 0 spiro atoms. The van der Waals surface area contributed by atoms with Crippen molar-refractivity contribution in [2.75, 3.05) is 11.6 Å². The van der Waals surface area contributed by atoms with Gasteiger partial charge in [-0.05, 0) is 47.9 Å². The lowest BCUT2D eigenvalue weighted by atomic mass is 9.99. The monoisotopic (exact) mass is 387 g/mol. The molecule has 3 aromatic rings. The summed E-state index contributed by atoms with van der Waals surface area (Å²) < 4.78 is 23.8. The van der Waals surface area contributed by atoms with Gasteiger partial charge in [-0.2, -0.15) is 0 Å². The van der Waals surface area contributed by atoms with Gasteiger partial charge in [0.15, 0.2) is 9.84 Å². The van der Waals surface area contributed by atoms with Crippen LogP contribution >= 0.6 is 11.6 Å². The molecule has 7 heteroatoms. The van der Waals surface area contributed by atoms with Gasteiger partial charge in [0, 0.05) is 23.7 Å². The zero-order valence-corrected chi connectivity index (χ0v) is 15.9. The van der Waals surface area contributed by atoms with E-state index < -0.39 is 9.84 Å². The van der Waals surface area contributed by atoms with Crippen molar-refractivity contribution in [1.29, 1.82) is 0 Å². The molecule has 2 aromatic carbocycles. The molecule has 0 fully saturated rings. The smallest absolute Gasteiger partial charge is 0.223 e. The standard InChI is InChI=1S/C19H18ClN3O2S/c1-13-11-21-19(22-12-13)23-18(14-6-8-16(20)9-7-14)15-4-3-5-17(10-15)26(2,24)25/h3-12,18H,1-2H3,(H,21,22,23). The van der Waals surface area contributed by atoms with Gasteiger partial charge < -0.3 is 5.32 Å². The molecule has 0 aliphatic heterocycles. The summed E-state index contributed by atoms with van der Waals surface area (Å²) in [6.07, 6.45) is 4.64. The van der Waals surface area contributed by atoms with E-state index in [4.69, 9.17) is 11.6 Å². The Hall–Kier alpha value is -2.44. The van der Waals surface area contributed by atoms with E-state index in [0.29, 0.717) is 11.0 Å². The van der Waals surface area contributed by atoms with Gasteiger partial charge in [0.25, 0.3) is 0 Å². The SMILES string of the molecule is Cc1cnc(NC(c2ccc(Cl)cc2)c2cccc(S(C)(=O)=O)c2)nc1. The maximum absolute atomic E-state index is 11.9. The number of hydrogen-bond donors (Lipinski definition) is 1. The summed E-state index contributed by atoms with van der Waals surface area (Å²) in [5, 5.41) is 3.91. The van der Waals surface area contributed by atoms with Crippen LogP contribution in [-0.4, -0.2) is 24.6 Å². The third-order valence-electron chi connectivity index (χ3n) is 3.88. The predicted octanol–water partition coefficient (Wildman–Crippen LogP) is 4.04. The molecule has 1 unspecified atom stereocenters. The topological polar surface area (TPSA) is 72.0 Å². The fourth-order valence-corrected chi connectivity index (χ4v) is 3.34. The van der Waals surface area contributed by atoms with E-state index in [-0.39, 0.29) is 10.9 Å². The molecule has 134 valence electrons. The van der Waals surface area contributed by atoms with Crippen LogP contribution < -0.4 is 5.32 Å². The van der Waals surface area contributed by atoms with Gasteiger partial charge in [0.1, 0.15) is 0 Å². The number of nitrogens with zero attached hydrogens (tertiary/aromatic N) is 2. The molecule has 1 heterocycles. The molecule has 1 atom stereocenters. The van der Waals surface area contributed by atoms with E-state index >= 15 is 0 Å². The Balaban J connectivity index is 2.05. The van der Waals surface area contributed by atoms with Crippen LogP contribution in [0.3, 0.4) is 0 Å². The van der Waals surface area contributed by atoms with E-state index in [1.807, 2.05) is 25.1 Å². The fourth-order valence-electron chi connectivity index (χ4n) is 2.54. The number of aromatic nitrogens is 2. The van der Waals surface area contributed by atoms with Crippen LogP contribution in [0.2, 0.25) is 5.02 Å². The molecule has 0 aliphatic rings. The number of benzene rings is 2. The maximum Gasteiger partial charge on any atom is 0.223 e. The van der Waals surface area contributed by atoms with Crippen molar-refractivity contribution in [2.45, 2.75) is 17.9 Å². The average molecular weight is 388 g/mol. The van der Waals surface area contributed by atoms with Crippen molar-refractivity contribution < 1.29 is 8.42 Å². The van der Waals surface area contributed by atoms with Crippen LogP contribution in [0, 0.1) is 6.92 Å². The van der Waals surface area contributed by atoms with Gasteiger partial charge in [0.05, 0.1) is 10.9 Å². The number of halogens is 1. The zero-order valence-electron chi connectivity index (χ0n) is 14.3. The molecule has 5 nitrogen and oxygen atoms in total. The van der Waals surface area contributed by atoms with E-state index in [1.54, 1.807) is 42.7 Å². The Morgan fingerprint density at radius 1 is 1.00 bits per heavy atom. The third kappa shape index (κ3) is 4.39. The number of rotatable bonds is 5. The maximum atomic E-state index is 11.9. The van der Waals surface area contributed by atoms with Gasteiger partial charge in [-0.15, -0.1) is 0 Å². The summed E-state index contributed by atoms with van der Waals surface area (Å²) >= 11 is 6.00. The van der Waals surface area contributed by atoms with Gasteiger partial charge in [0.2, 0.25) is 5.95 Å². The minimum Gasteiger partial charge on any atom is -0.343 e. The van der Waals surface area contributed by atoms with Gasteiger partial charge in [-0.25, -0.2) is 18.4 Å². The highest BCUT2D eigenvalue weighted by atomic mass is 35.5. The van der Waals surface area contributed by atoms with Crippen LogP contribution in [-0.2, 0) is 9.84 Å². The van der Waals surface area contributed by atoms with Crippen molar-refractivity contribution in [3.63, 3.8) is 0 Å².